The third kappa shape index (κ3) is 4.72. The van der Waals surface area contributed by atoms with Gasteiger partial charge in [-0.3, -0.25) is 4.79 Å². The van der Waals surface area contributed by atoms with Gasteiger partial charge in [-0.15, -0.1) is 0 Å². The van der Waals surface area contributed by atoms with Gasteiger partial charge >= 0.3 is 12.1 Å². The number of aromatic carboxylic acids is 1. The molecule has 0 aliphatic heterocycles. The number of ether oxygens (including phenoxy) is 1. The molecule has 3 aromatic carbocycles. The highest BCUT2D eigenvalue weighted by atomic mass is 35.5. The van der Waals surface area contributed by atoms with Gasteiger partial charge in [-0.25, -0.2) is 9.59 Å². The minimum atomic E-state index is -1.10. The summed E-state index contributed by atoms with van der Waals surface area (Å²) in [6.07, 6.45) is 0.0984. The van der Waals surface area contributed by atoms with Crippen molar-refractivity contribution in [3.05, 3.63) is 88.4 Å². The summed E-state index contributed by atoms with van der Waals surface area (Å²) in [6, 6.07) is 20.4. The van der Waals surface area contributed by atoms with Crippen molar-refractivity contribution in [1.82, 2.24) is 5.32 Å². The van der Waals surface area contributed by atoms with Gasteiger partial charge in [0.25, 0.3) is 0 Å². The molecule has 3 N–H and O–H groups in total. The number of nitrogens with one attached hydrogen (secondary N) is 2. The molecule has 2 aliphatic carbocycles. The molecule has 35 heavy (non-hydrogen) atoms. The summed E-state index contributed by atoms with van der Waals surface area (Å²) in [5, 5.41) is 14.8. The van der Waals surface area contributed by atoms with Crippen LogP contribution in [-0.2, 0) is 9.53 Å². The maximum absolute atomic E-state index is 12.5. The average molecular weight is 491 g/mol. The van der Waals surface area contributed by atoms with Crippen LogP contribution in [0.5, 0.6) is 0 Å². The number of rotatable bonds is 7. The van der Waals surface area contributed by atoms with E-state index in [1.807, 2.05) is 24.3 Å². The number of carbonyl (C=O) groups excluding carboxylic acids is 2. The fourth-order valence-corrected chi connectivity index (χ4v) is 4.80. The number of halogens is 1. The highest BCUT2D eigenvalue weighted by Gasteiger charge is 2.43. The van der Waals surface area contributed by atoms with Crippen LogP contribution in [0.25, 0.3) is 11.1 Å². The van der Waals surface area contributed by atoms with E-state index in [2.05, 4.69) is 34.9 Å². The normalized spacial score (nSPS) is 17.7. The van der Waals surface area contributed by atoms with Crippen molar-refractivity contribution in [3.63, 3.8) is 0 Å². The first kappa shape index (κ1) is 22.9. The van der Waals surface area contributed by atoms with E-state index < -0.39 is 12.1 Å². The number of hydrogen-bond acceptors (Lipinski definition) is 4. The molecule has 5 rings (SSSR count). The second-order valence-electron chi connectivity index (χ2n) is 8.80. The van der Waals surface area contributed by atoms with Gasteiger partial charge in [0, 0.05) is 18.4 Å². The Morgan fingerprint density at radius 1 is 0.971 bits per heavy atom. The van der Waals surface area contributed by atoms with E-state index in [1.54, 1.807) is 0 Å². The Morgan fingerprint density at radius 3 is 2.29 bits per heavy atom. The predicted molar refractivity (Wildman–Crippen MR) is 132 cm³/mol. The largest absolute Gasteiger partial charge is 0.478 e. The molecule has 8 heteroatoms. The van der Waals surface area contributed by atoms with Gasteiger partial charge in [0.15, 0.2) is 0 Å². The van der Waals surface area contributed by atoms with Crippen LogP contribution < -0.4 is 10.6 Å². The third-order valence-electron chi connectivity index (χ3n) is 6.58. The van der Waals surface area contributed by atoms with E-state index in [1.165, 1.54) is 18.2 Å². The molecular weight excluding hydrogens is 468 g/mol. The first-order chi connectivity index (χ1) is 16.9. The van der Waals surface area contributed by atoms with Crippen molar-refractivity contribution >= 4 is 35.3 Å². The van der Waals surface area contributed by atoms with E-state index in [0.717, 1.165) is 22.3 Å². The molecule has 1 fully saturated rings. The third-order valence-corrected chi connectivity index (χ3v) is 6.91. The Morgan fingerprint density at radius 2 is 1.63 bits per heavy atom. The minimum absolute atomic E-state index is 0.0149. The number of alkyl carbamates (subject to hydrolysis) is 1. The quantitative estimate of drug-likeness (QED) is 0.424. The molecule has 1 saturated carbocycles. The Bertz CT molecular complexity index is 1280. The lowest BCUT2D eigenvalue weighted by Crippen LogP contribution is -2.29. The average Bonchev–Trinajstić information content (AvgIpc) is 3.58. The second-order valence-corrected chi connectivity index (χ2v) is 9.20. The summed E-state index contributed by atoms with van der Waals surface area (Å²) >= 11 is 6.08. The maximum Gasteiger partial charge on any atom is 0.407 e. The van der Waals surface area contributed by atoms with Crippen LogP contribution in [0.3, 0.4) is 0 Å². The van der Waals surface area contributed by atoms with Gasteiger partial charge in [-0.1, -0.05) is 60.1 Å². The lowest BCUT2D eigenvalue weighted by molar-refractivity contribution is -0.117. The van der Waals surface area contributed by atoms with Crippen LogP contribution in [0, 0.1) is 11.8 Å². The van der Waals surface area contributed by atoms with Crippen LogP contribution >= 0.6 is 11.6 Å². The van der Waals surface area contributed by atoms with Crippen molar-refractivity contribution in [2.45, 2.75) is 12.3 Å². The van der Waals surface area contributed by atoms with Gasteiger partial charge < -0.3 is 20.5 Å². The Balaban J connectivity index is 1.11. The van der Waals surface area contributed by atoms with Crippen molar-refractivity contribution in [1.29, 1.82) is 0 Å². The molecule has 0 spiro atoms. The number of fused-ring (bicyclic) bond motifs is 3. The zero-order chi connectivity index (χ0) is 24.5. The SMILES string of the molecule is O=C(NC[C@@H]1C[C@@H]1C(=O)Nc1cc(C(=O)O)ccc1Cl)OCC1c2ccccc2-c2ccccc21. The Hall–Kier alpha value is -3.84. The number of carboxylic acids is 1. The van der Waals surface area contributed by atoms with Gasteiger partial charge in [-0.2, -0.15) is 0 Å². The van der Waals surface area contributed by atoms with E-state index in [0.29, 0.717) is 13.0 Å². The van der Waals surface area contributed by atoms with Gasteiger partial charge in [0.1, 0.15) is 6.61 Å². The van der Waals surface area contributed by atoms with Crippen LogP contribution in [0.4, 0.5) is 10.5 Å². The molecule has 2 aliphatic rings. The summed E-state index contributed by atoms with van der Waals surface area (Å²) in [5.41, 5.74) is 4.91. The first-order valence-corrected chi connectivity index (χ1v) is 11.7. The molecule has 0 bridgehead atoms. The van der Waals surface area contributed by atoms with E-state index in [9.17, 15) is 14.4 Å². The van der Waals surface area contributed by atoms with Gasteiger partial charge in [0.2, 0.25) is 5.91 Å². The molecule has 2 amide bonds. The lowest BCUT2D eigenvalue weighted by atomic mass is 9.98. The van der Waals surface area contributed by atoms with Gasteiger partial charge in [0.05, 0.1) is 16.3 Å². The number of anilines is 1. The van der Waals surface area contributed by atoms with Crippen molar-refractivity contribution in [3.8, 4) is 11.1 Å². The highest BCUT2D eigenvalue weighted by Crippen LogP contribution is 2.44. The number of amides is 2. The molecule has 178 valence electrons. The van der Waals surface area contributed by atoms with Crippen molar-refractivity contribution < 1.29 is 24.2 Å². The molecule has 2 atom stereocenters. The number of carboxylic acid groups (broad SMARTS) is 1. The summed E-state index contributed by atoms with van der Waals surface area (Å²) in [4.78, 5) is 36.0. The molecular formula is C27H23ClN2O5. The van der Waals surface area contributed by atoms with E-state index in [-0.39, 0.29) is 46.5 Å². The fourth-order valence-electron chi connectivity index (χ4n) is 4.64. The summed E-state index contributed by atoms with van der Waals surface area (Å²) in [7, 11) is 0. The summed E-state index contributed by atoms with van der Waals surface area (Å²) in [5.74, 6) is -1.67. The standard InChI is InChI=1S/C27H23ClN2O5/c28-23-10-9-15(26(32)33)12-24(23)30-25(31)21-11-16(21)13-29-27(34)35-14-22-19-7-3-1-5-17(19)18-6-2-4-8-20(18)22/h1-10,12,16,21-22H,11,13-14H2,(H,29,34)(H,30,31)(H,32,33)/t16-,21-/m0/s1. The molecule has 7 nitrogen and oxygen atoms in total. The zero-order valence-electron chi connectivity index (χ0n) is 18.7. The van der Waals surface area contributed by atoms with Crippen LogP contribution in [-0.4, -0.2) is 36.2 Å². The number of carbonyl (C=O) groups is 3. The van der Waals surface area contributed by atoms with Crippen molar-refractivity contribution in [2.75, 3.05) is 18.5 Å². The van der Waals surface area contributed by atoms with Crippen LogP contribution in [0.2, 0.25) is 5.02 Å². The number of hydrogen-bond donors (Lipinski definition) is 3. The summed E-state index contributed by atoms with van der Waals surface area (Å²) < 4.78 is 5.54. The smallest absolute Gasteiger partial charge is 0.407 e. The maximum atomic E-state index is 12.5. The summed E-state index contributed by atoms with van der Waals surface area (Å²) in [6.45, 7) is 0.546. The zero-order valence-corrected chi connectivity index (χ0v) is 19.4. The van der Waals surface area contributed by atoms with Crippen LogP contribution in [0.15, 0.2) is 66.7 Å². The van der Waals surface area contributed by atoms with Crippen molar-refractivity contribution in [2.24, 2.45) is 11.8 Å². The first-order valence-electron chi connectivity index (χ1n) is 11.3. The molecule has 0 aromatic heterocycles. The monoisotopic (exact) mass is 490 g/mol. The Labute approximate surface area is 207 Å². The molecule has 0 saturated heterocycles. The lowest BCUT2D eigenvalue weighted by Gasteiger charge is -2.14. The predicted octanol–water partition coefficient (Wildman–Crippen LogP) is 5.15. The molecule has 0 unspecified atom stereocenters. The minimum Gasteiger partial charge on any atom is -0.478 e. The van der Waals surface area contributed by atoms with E-state index in [4.69, 9.17) is 21.4 Å². The molecule has 3 aromatic rings. The van der Waals surface area contributed by atoms with E-state index >= 15 is 0 Å². The highest BCUT2D eigenvalue weighted by molar-refractivity contribution is 6.33. The van der Waals surface area contributed by atoms with Gasteiger partial charge in [-0.05, 0) is 52.8 Å². The number of benzene rings is 3. The molecule has 0 radical (unpaired) electrons. The fraction of sp³-hybridized carbons (Fsp3) is 0.222. The molecule has 0 heterocycles. The topological polar surface area (TPSA) is 105 Å². The van der Waals surface area contributed by atoms with Crippen LogP contribution in [0.1, 0.15) is 33.8 Å². The Kier molecular flexibility index (Phi) is 6.17. The second kappa shape index (κ2) is 9.43.